The van der Waals surface area contributed by atoms with Gasteiger partial charge in [0.2, 0.25) is 0 Å². The van der Waals surface area contributed by atoms with Gasteiger partial charge in [-0.25, -0.2) is 0 Å². The Morgan fingerprint density at radius 3 is 2.03 bits per heavy atom. The van der Waals surface area contributed by atoms with E-state index in [2.05, 4.69) is 6.92 Å². The Morgan fingerprint density at radius 2 is 1.29 bits per heavy atom. The minimum Gasteiger partial charge on any atom is -0.466 e. The van der Waals surface area contributed by atoms with Crippen LogP contribution >= 0.6 is 0 Å². The van der Waals surface area contributed by atoms with Crippen molar-refractivity contribution >= 4 is 11.9 Å². The average molecular weight is 425 g/mol. The summed E-state index contributed by atoms with van der Waals surface area (Å²) in [5, 5.41) is 0. The fourth-order valence-corrected chi connectivity index (χ4v) is 3.46. The van der Waals surface area contributed by atoms with E-state index in [9.17, 15) is 9.59 Å². The van der Waals surface area contributed by atoms with Gasteiger partial charge in [0.1, 0.15) is 5.75 Å². The molecule has 2 rings (SSSR count). The molecule has 0 bridgehead atoms. The summed E-state index contributed by atoms with van der Waals surface area (Å²) in [4.78, 5) is 24.1. The molecule has 2 aromatic rings. The van der Waals surface area contributed by atoms with Gasteiger partial charge in [-0.2, -0.15) is 0 Å². The second kappa shape index (κ2) is 15.2. The molecule has 2 aromatic carbocycles. The molecule has 0 spiro atoms. The van der Waals surface area contributed by atoms with Crippen LogP contribution in [-0.2, 0) is 14.3 Å². The predicted octanol–water partition coefficient (Wildman–Crippen LogP) is 7.11. The number of hydrogen-bond donors (Lipinski definition) is 0. The lowest BCUT2D eigenvalue weighted by molar-refractivity contribution is -0.144. The molecule has 0 aromatic heterocycles. The molecule has 4 heteroatoms. The van der Waals surface area contributed by atoms with E-state index >= 15 is 0 Å². The third kappa shape index (κ3) is 10.3. The number of carbonyl (C=O) groups is 2. The highest BCUT2D eigenvalue weighted by Gasteiger charge is 2.11. The summed E-state index contributed by atoms with van der Waals surface area (Å²) in [6, 6.07) is 17.3. The highest BCUT2D eigenvalue weighted by atomic mass is 16.5. The van der Waals surface area contributed by atoms with Crippen molar-refractivity contribution in [2.75, 3.05) is 6.61 Å². The molecule has 0 N–H and O–H groups in total. The molecule has 0 aliphatic rings. The molecule has 4 nitrogen and oxygen atoms in total. The fourth-order valence-electron chi connectivity index (χ4n) is 3.46. The van der Waals surface area contributed by atoms with Crippen LogP contribution in [0.4, 0.5) is 0 Å². The zero-order chi connectivity index (χ0) is 22.2. The van der Waals surface area contributed by atoms with E-state index in [0.29, 0.717) is 18.8 Å². The molecule has 0 saturated carbocycles. The fraction of sp³-hybridized carbons (Fsp3) is 0.481. The third-order valence-corrected chi connectivity index (χ3v) is 5.22. The van der Waals surface area contributed by atoms with Crippen molar-refractivity contribution in [3.05, 3.63) is 54.6 Å². The second-order valence-electron chi connectivity index (χ2n) is 7.89. The zero-order valence-electron chi connectivity index (χ0n) is 18.8. The van der Waals surface area contributed by atoms with Gasteiger partial charge in [-0.1, -0.05) is 100 Å². The predicted molar refractivity (Wildman–Crippen MR) is 125 cm³/mol. The molecule has 0 radical (unpaired) electrons. The van der Waals surface area contributed by atoms with Gasteiger partial charge in [0.05, 0.1) is 6.61 Å². The van der Waals surface area contributed by atoms with Crippen molar-refractivity contribution in [2.24, 2.45) is 0 Å². The van der Waals surface area contributed by atoms with E-state index in [0.717, 1.165) is 24.0 Å². The van der Waals surface area contributed by atoms with Crippen LogP contribution in [0.15, 0.2) is 54.6 Å². The van der Waals surface area contributed by atoms with Crippen molar-refractivity contribution in [1.82, 2.24) is 0 Å². The van der Waals surface area contributed by atoms with E-state index in [1.165, 1.54) is 38.5 Å². The normalized spacial score (nSPS) is 10.6. The molecular formula is C27H36O4. The number of ether oxygens (including phenoxy) is 2. The van der Waals surface area contributed by atoms with E-state index in [4.69, 9.17) is 9.47 Å². The van der Waals surface area contributed by atoms with Gasteiger partial charge in [0.25, 0.3) is 0 Å². The third-order valence-electron chi connectivity index (χ3n) is 5.22. The summed E-state index contributed by atoms with van der Waals surface area (Å²) in [5.74, 6) is -0.0318. The number of esters is 2. The van der Waals surface area contributed by atoms with E-state index in [1.807, 2.05) is 48.5 Å². The van der Waals surface area contributed by atoms with Crippen molar-refractivity contribution in [3.8, 4) is 16.9 Å². The summed E-state index contributed by atoms with van der Waals surface area (Å²) < 4.78 is 10.8. The van der Waals surface area contributed by atoms with Gasteiger partial charge < -0.3 is 9.47 Å². The quantitative estimate of drug-likeness (QED) is 0.174. The minimum atomic E-state index is -0.334. The largest absolute Gasteiger partial charge is 0.466 e. The Morgan fingerprint density at radius 1 is 0.677 bits per heavy atom. The number of rotatable bonds is 15. The second-order valence-corrected chi connectivity index (χ2v) is 7.89. The molecule has 0 saturated heterocycles. The van der Waals surface area contributed by atoms with E-state index in [1.54, 1.807) is 6.07 Å². The van der Waals surface area contributed by atoms with Gasteiger partial charge in [-0.15, -0.1) is 0 Å². The van der Waals surface area contributed by atoms with Crippen LogP contribution < -0.4 is 4.74 Å². The van der Waals surface area contributed by atoms with Crippen LogP contribution in [0.2, 0.25) is 0 Å². The SMILES string of the molecule is CCCCCCCCCCOC(=O)CCCC(=O)Oc1ccccc1-c1ccccc1. The Labute approximate surface area is 187 Å². The highest BCUT2D eigenvalue weighted by molar-refractivity contribution is 5.78. The van der Waals surface area contributed by atoms with Gasteiger partial charge in [-0.05, 0) is 24.5 Å². The number of unbranched alkanes of at least 4 members (excludes halogenated alkanes) is 7. The first kappa shape index (κ1) is 24.6. The average Bonchev–Trinajstić information content (AvgIpc) is 2.79. The van der Waals surface area contributed by atoms with Crippen molar-refractivity contribution in [3.63, 3.8) is 0 Å². The van der Waals surface area contributed by atoms with Crippen LogP contribution in [-0.4, -0.2) is 18.5 Å². The van der Waals surface area contributed by atoms with Crippen molar-refractivity contribution < 1.29 is 19.1 Å². The molecule has 168 valence electrons. The molecule has 0 unspecified atom stereocenters. The molecular weight excluding hydrogens is 388 g/mol. The topological polar surface area (TPSA) is 52.6 Å². The van der Waals surface area contributed by atoms with E-state index < -0.39 is 0 Å². The Hall–Kier alpha value is -2.62. The van der Waals surface area contributed by atoms with Crippen LogP contribution in [0, 0.1) is 0 Å². The van der Waals surface area contributed by atoms with Crippen LogP contribution in [0.25, 0.3) is 11.1 Å². The Balaban J connectivity index is 1.59. The Bertz CT molecular complexity index is 770. The smallest absolute Gasteiger partial charge is 0.311 e. The van der Waals surface area contributed by atoms with Gasteiger partial charge >= 0.3 is 11.9 Å². The molecule has 0 aliphatic carbocycles. The first-order valence-electron chi connectivity index (χ1n) is 11.7. The monoisotopic (exact) mass is 424 g/mol. The highest BCUT2D eigenvalue weighted by Crippen LogP contribution is 2.29. The summed E-state index contributed by atoms with van der Waals surface area (Å²) in [6.45, 7) is 2.70. The molecule has 0 aliphatic heterocycles. The van der Waals surface area contributed by atoms with Gasteiger partial charge in [0, 0.05) is 18.4 Å². The molecule has 0 amide bonds. The van der Waals surface area contributed by atoms with Crippen LogP contribution in [0.5, 0.6) is 5.75 Å². The summed E-state index contributed by atoms with van der Waals surface area (Å²) >= 11 is 0. The van der Waals surface area contributed by atoms with Gasteiger partial charge in [0.15, 0.2) is 0 Å². The lowest BCUT2D eigenvalue weighted by Crippen LogP contribution is -2.11. The number of benzene rings is 2. The maximum Gasteiger partial charge on any atom is 0.311 e. The Kier molecular flexibility index (Phi) is 12.1. The maximum atomic E-state index is 12.2. The standard InChI is InChI=1S/C27H36O4/c1-2-3-4-5-6-7-8-14-22-30-26(28)20-15-21-27(29)31-25-19-13-12-18-24(25)23-16-10-9-11-17-23/h9-13,16-19H,2-8,14-15,20-22H2,1H3. The van der Waals surface area contributed by atoms with E-state index in [-0.39, 0.29) is 24.8 Å². The lowest BCUT2D eigenvalue weighted by Gasteiger charge is -2.10. The number of para-hydroxylation sites is 1. The van der Waals surface area contributed by atoms with Crippen molar-refractivity contribution in [1.29, 1.82) is 0 Å². The van der Waals surface area contributed by atoms with Crippen LogP contribution in [0.1, 0.15) is 77.6 Å². The summed E-state index contributed by atoms with van der Waals surface area (Å²) in [5.41, 5.74) is 1.87. The number of hydrogen-bond acceptors (Lipinski definition) is 4. The molecule has 0 heterocycles. The minimum absolute atomic E-state index is 0.190. The summed E-state index contributed by atoms with van der Waals surface area (Å²) in [6.07, 6.45) is 10.6. The maximum absolute atomic E-state index is 12.2. The molecule has 31 heavy (non-hydrogen) atoms. The molecule has 0 atom stereocenters. The lowest BCUT2D eigenvalue weighted by atomic mass is 10.1. The summed E-state index contributed by atoms with van der Waals surface area (Å²) in [7, 11) is 0. The van der Waals surface area contributed by atoms with Gasteiger partial charge in [-0.3, -0.25) is 9.59 Å². The van der Waals surface area contributed by atoms with Crippen LogP contribution in [0.3, 0.4) is 0 Å². The zero-order valence-corrected chi connectivity index (χ0v) is 18.8. The molecule has 0 fully saturated rings. The first-order valence-corrected chi connectivity index (χ1v) is 11.7. The number of carbonyl (C=O) groups excluding carboxylic acids is 2. The first-order chi connectivity index (χ1) is 15.2. The van der Waals surface area contributed by atoms with Crippen molar-refractivity contribution in [2.45, 2.75) is 77.6 Å².